The molecule has 0 heterocycles. The second kappa shape index (κ2) is 13.1. The molecule has 3 heteroatoms. The smallest absolute Gasteiger partial charge is 0.0902 e. The minimum atomic E-state index is -0.768. The molecule has 0 aromatic heterocycles. The van der Waals surface area contributed by atoms with Gasteiger partial charge in [-0.05, 0) is 67.2 Å². The average molecular weight is 554 g/mol. The molecule has 1 aliphatic carbocycles. The molecule has 5 aromatic carbocycles. The lowest BCUT2D eigenvalue weighted by Gasteiger charge is -2.34. The minimum absolute atomic E-state index is 0.184. The summed E-state index contributed by atoms with van der Waals surface area (Å²) in [5.41, 5.74) is 2.57. The standard InChI is InChI=1S/C37H31OP2/c1-38-37(34-26-16-28-36(34)40(31-21-10-4-11-22-31)32-23-12-5-13-24-32)33-25-14-15-27-35(33)39(29-17-6-2-7-18-29)30-19-8-3-9-20-30/h2-28,37H,1H3/t37-/m0/s1. The fourth-order valence-corrected chi connectivity index (χ4v) is 10.3. The highest BCUT2D eigenvalue weighted by molar-refractivity contribution is 7.80. The van der Waals surface area contributed by atoms with E-state index in [0.717, 1.165) is 0 Å². The molecular weight excluding hydrogens is 522 g/mol. The molecule has 195 valence electrons. The molecular formula is C37H31OP2. The van der Waals surface area contributed by atoms with Crippen LogP contribution in [0.4, 0.5) is 0 Å². The van der Waals surface area contributed by atoms with E-state index >= 15 is 0 Å². The van der Waals surface area contributed by atoms with Gasteiger partial charge >= 0.3 is 0 Å². The van der Waals surface area contributed by atoms with Crippen molar-refractivity contribution in [2.24, 2.45) is 0 Å². The second-order valence-electron chi connectivity index (χ2n) is 9.55. The molecule has 0 amide bonds. The van der Waals surface area contributed by atoms with Gasteiger partial charge in [-0.15, -0.1) is 0 Å². The van der Waals surface area contributed by atoms with Crippen LogP contribution in [0.1, 0.15) is 11.7 Å². The highest BCUT2D eigenvalue weighted by Crippen LogP contribution is 2.59. The van der Waals surface area contributed by atoms with Crippen LogP contribution < -0.4 is 26.5 Å². The Labute approximate surface area is 241 Å². The molecule has 1 fully saturated rings. The van der Waals surface area contributed by atoms with Gasteiger partial charge in [0.15, 0.2) is 0 Å². The quantitative estimate of drug-likeness (QED) is 0.179. The van der Waals surface area contributed by atoms with Crippen molar-refractivity contribution in [2.75, 3.05) is 7.11 Å². The van der Waals surface area contributed by atoms with E-state index in [9.17, 15) is 0 Å². The monoisotopic (exact) mass is 553 g/mol. The number of hydrogen-bond donors (Lipinski definition) is 0. The van der Waals surface area contributed by atoms with Crippen molar-refractivity contribution < 1.29 is 4.74 Å². The van der Waals surface area contributed by atoms with Crippen LogP contribution in [0.15, 0.2) is 146 Å². The lowest BCUT2D eigenvalue weighted by molar-refractivity contribution is 0.121. The zero-order chi connectivity index (χ0) is 27.1. The normalized spacial score (nSPS) is 15.1. The number of ether oxygens (including phenoxy) is 1. The minimum Gasteiger partial charge on any atom is -0.376 e. The highest BCUT2D eigenvalue weighted by Gasteiger charge is 2.43. The van der Waals surface area contributed by atoms with Crippen molar-refractivity contribution in [3.05, 3.63) is 182 Å². The Hall–Kier alpha value is -3.08. The lowest BCUT2D eigenvalue weighted by atomic mass is 9.94. The molecule has 6 rings (SSSR count). The van der Waals surface area contributed by atoms with Gasteiger partial charge in [0.25, 0.3) is 0 Å². The van der Waals surface area contributed by atoms with Crippen molar-refractivity contribution in [3.8, 4) is 0 Å². The van der Waals surface area contributed by atoms with Crippen LogP contribution in [0.3, 0.4) is 0 Å². The number of benzene rings is 5. The molecule has 0 saturated heterocycles. The van der Waals surface area contributed by atoms with E-state index in [2.05, 4.69) is 165 Å². The molecule has 0 N–H and O–H groups in total. The third-order valence-corrected chi connectivity index (χ3v) is 12.1. The third kappa shape index (κ3) is 5.70. The first-order valence-electron chi connectivity index (χ1n) is 13.5. The second-order valence-corrected chi connectivity index (χ2v) is 13.9. The van der Waals surface area contributed by atoms with Gasteiger partial charge < -0.3 is 4.74 Å². The van der Waals surface area contributed by atoms with Gasteiger partial charge in [-0.1, -0.05) is 146 Å². The van der Waals surface area contributed by atoms with Gasteiger partial charge in [-0.3, -0.25) is 0 Å². The largest absolute Gasteiger partial charge is 0.376 e. The molecule has 1 saturated carbocycles. The maximum Gasteiger partial charge on any atom is 0.0902 e. The van der Waals surface area contributed by atoms with Crippen molar-refractivity contribution in [2.45, 2.75) is 6.10 Å². The van der Waals surface area contributed by atoms with Gasteiger partial charge in [0, 0.05) is 18.7 Å². The number of rotatable bonds is 9. The third-order valence-electron chi connectivity index (χ3n) is 7.10. The summed E-state index contributed by atoms with van der Waals surface area (Å²) in [7, 11) is 0.332. The predicted molar refractivity (Wildman–Crippen MR) is 173 cm³/mol. The highest BCUT2D eigenvalue weighted by atomic mass is 31.1. The van der Waals surface area contributed by atoms with Crippen molar-refractivity contribution in [1.82, 2.24) is 0 Å². The Kier molecular flexibility index (Phi) is 8.85. The van der Waals surface area contributed by atoms with E-state index < -0.39 is 15.8 Å². The predicted octanol–water partition coefficient (Wildman–Crippen LogP) is 7.00. The van der Waals surface area contributed by atoms with Crippen LogP contribution in [0, 0.1) is 30.8 Å². The fourth-order valence-electron chi connectivity index (χ4n) is 5.35. The molecule has 0 aliphatic heterocycles. The van der Waals surface area contributed by atoms with Crippen LogP contribution in [-0.4, -0.2) is 7.11 Å². The number of methoxy groups -OCH3 is 1. The topological polar surface area (TPSA) is 9.23 Å². The Morgan fingerprint density at radius 1 is 0.475 bits per heavy atom. The molecule has 1 aliphatic rings. The summed E-state index contributed by atoms with van der Waals surface area (Å²) < 4.78 is 6.43. The van der Waals surface area contributed by atoms with Crippen LogP contribution in [0.5, 0.6) is 0 Å². The van der Waals surface area contributed by atoms with E-state index in [4.69, 9.17) is 4.74 Å². The van der Waals surface area contributed by atoms with Crippen LogP contribution in [0.25, 0.3) is 0 Å². The first-order valence-corrected chi connectivity index (χ1v) is 16.2. The van der Waals surface area contributed by atoms with Crippen LogP contribution >= 0.6 is 15.8 Å². The van der Waals surface area contributed by atoms with Gasteiger partial charge in [0.2, 0.25) is 0 Å². The Balaban J connectivity index is 1.44. The molecule has 5 radical (unpaired) electrons. The zero-order valence-corrected chi connectivity index (χ0v) is 24.3. The molecule has 5 aromatic rings. The van der Waals surface area contributed by atoms with Crippen molar-refractivity contribution >= 4 is 42.4 Å². The van der Waals surface area contributed by atoms with E-state index in [0.29, 0.717) is 0 Å². The average Bonchev–Trinajstić information content (AvgIpc) is 3.50. The molecule has 1 atom stereocenters. The Morgan fingerprint density at radius 3 is 1.38 bits per heavy atom. The summed E-state index contributed by atoms with van der Waals surface area (Å²) in [5.74, 6) is 1.24. The molecule has 0 bridgehead atoms. The summed E-state index contributed by atoms with van der Waals surface area (Å²) in [6, 6.07) is 52.5. The lowest BCUT2D eigenvalue weighted by Crippen LogP contribution is -2.28. The molecule has 40 heavy (non-hydrogen) atoms. The maximum absolute atomic E-state index is 6.43. The van der Waals surface area contributed by atoms with E-state index in [1.165, 1.54) is 43.7 Å². The zero-order valence-electron chi connectivity index (χ0n) is 22.5. The summed E-state index contributed by atoms with van der Waals surface area (Å²) in [6.07, 6.45) is 6.57. The van der Waals surface area contributed by atoms with Gasteiger partial charge in [-0.25, -0.2) is 0 Å². The van der Waals surface area contributed by atoms with Crippen molar-refractivity contribution in [3.63, 3.8) is 0 Å². The van der Waals surface area contributed by atoms with Crippen LogP contribution in [0.2, 0.25) is 0 Å². The van der Waals surface area contributed by atoms with Gasteiger partial charge in [0.1, 0.15) is 0 Å². The molecule has 0 spiro atoms. The SMILES string of the molecule is CO[C@H]([C]1[CH][CH][CH][C]1P(c1ccccc1)c1ccccc1)c1ccccc1P(c1ccccc1)c1ccccc1. The van der Waals surface area contributed by atoms with Crippen LogP contribution in [-0.2, 0) is 4.74 Å². The van der Waals surface area contributed by atoms with Gasteiger partial charge in [0.05, 0.1) is 6.10 Å². The molecule has 0 unspecified atom stereocenters. The Morgan fingerprint density at radius 2 is 0.900 bits per heavy atom. The Bertz CT molecular complexity index is 1400. The maximum atomic E-state index is 6.43. The van der Waals surface area contributed by atoms with Crippen molar-refractivity contribution in [1.29, 1.82) is 0 Å². The first kappa shape index (κ1) is 27.1. The van der Waals surface area contributed by atoms with Gasteiger partial charge in [-0.2, -0.15) is 0 Å². The summed E-state index contributed by atoms with van der Waals surface area (Å²) >= 11 is 0. The summed E-state index contributed by atoms with van der Waals surface area (Å²) in [6.45, 7) is 0. The summed E-state index contributed by atoms with van der Waals surface area (Å²) in [5, 5.41) is 6.69. The first-order chi connectivity index (χ1) is 19.8. The van der Waals surface area contributed by atoms with E-state index in [1.807, 2.05) is 7.11 Å². The number of hydrogen-bond acceptors (Lipinski definition) is 1. The van der Waals surface area contributed by atoms with E-state index in [1.54, 1.807) is 0 Å². The molecule has 1 nitrogen and oxygen atoms in total. The fraction of sp³-hybridized carbons (Fsp3) is 0.0541. The van der Waals surface area contributed by atoms with E-state index in [-0.39, 0.29) is 6.10 Å². The summed E-state index contributed by atoms with van der Waals surface area (Å²) in [4.78, 5) is 0.